The van der Waals surface area contributed by atoms with E-state index in [0.717, 1.165) is 9.35 Å². The lowest BCUT2D eigenvalue weighted by atomic mass is 10.1. The van der Waals surface area contributed by atoms with Crippen LogP contribution in [0.15, 0.2) is 50.5 Å². The Morgan fingerprint density at radius 2 is 1.71 bits per heavy atom. The highest BCUT2D eigenvalue weighted by molar-refractivity contribution is 9.11. The summed E-state index contributed by atoms with van der Waals surface area (Å²) in [5.41, 5.74) is 0.973. The average Bonchev–Trinajstić information content (AvgIpc) is 3.03. The van der Waals surface area contributed by atoms with Crippen molar-refractivity contribution in [3.8, 4) is 0 Å². The van der Waals surface area contributed by atoms with Crippen LogP contribution >= 0.6 is 27.3 Å². The van der Waals surface area contributed by atoms with E-state index >= 15 is 0 Å². The molecule has 1 aliphatic heterocycles. The fraction of sp³-hybridized carbons (Fsp3) is 0.312. The number of carbonyl (C=O) groups excluding carboxylic acids is 1. The van der Waals surface area contributed by atoms with Gasteiger partial charge in [-0.1, -0.05) is 30.3 Å². The topological polar surface area (TPSA) is 57.7 Å². The average molecular weight is 429 g/mol. The van der Waals surface area contributed by atoms with Gasteiger partial charge in [-0.05, 0) is 33.6 Å². The van der Waals surface area contributed by atoms with Gasteiger partial charge in [0.05, 0.1) is 10.2 Å². The zero-order valence-corrected chi connectivity index (χ0v) is 16.1. The minimum Gasteiger partial charge on any atom is -0.340 e. The van der Waals surface area contributed by atoms with Gasteiger partial charge in [-0.3, -0.25) is 4.79 Å². The van der Waals surface area contributed by atoms with Gasteiger partial charge in [0.15, 0.2) is 0 Å². The molecule has 8 heteroatoms. The Labute approximate surface area is 154 Å². The minimum absolute atomic E-state index is 0.0390. The van der Waals surface area contributed by atoms with Crippen molar-refractivity contribution >= 4 is 43.2 Å². The molecule has 0 aliphatic carbocycles. The molecule has 5 nitrogen and oxygen atoms in total. The molecule has 0 bridgehead atoms. The number of halogens is 1. The van der Waals surface area contributed by atoms with Crippen molar-refractivity contribution in [1.29, 1.82) is 0 Å². The summed E-state index contributed by atoms with van der Waals surface area (Å²) < 4.78 is 27.7. The monoisotopic (exact) mass is 428 g/mol. The molecular weight excluding hydrogens is 412 g/mol. The van der Waals surface area contributed by atoms with Gasteiger partial charge in [0.25, 0.3) is 10.0 Å². The number of sulfonamides is 1. The molecule has 3 rings (SSSR count). The number of benzene rings is 1. The first-order chi connectivity index (χ1) is 11.5. The normalized spacial score (nSPS) is 16.3. The van der Waals surface area contributed by atoms with Crippen LogP contribution in [0.2, 0.25) is 0 Å². The third-order valence-corrected chi connectivity index (χ3v) is 7.92. The summed E-state index contributed by atoms with van der Waals surface area (Å²) in [5.74, 6) is 0.0390. The van der Waals surface area contributed by atoms with Gasteiger partial charge < -0.3 is 4.90 Å². The number of nitrogens with zero attached hydrogens (tertiary/aromatic N) is 2. The summed E-state index contributed by atoms with van der Waals surface area (Å²) in [7, 11) is -3.47. The van der Waals surface area contributed by atoms with Crippen LogP contribution in [0, 0.1) is 0 Å². The quantitative estimate of drug-likeness (QED) is 0.751. The second kappa shape index (κ2) is 7.35. The highest BCUT2D eigenvalue weighted by Gasteiger charge is 2.30. The maximum atomic E-state index is 12.6. The molecule has 1 saturated heterocycles. The molecule has 1 aliphatic rings. The van der Waals surface area contributed by atoms with Crippen LogP contribution in [0.25, 0.3) is 0 Å². The number of piperazine rings is 1. The Hall–Kier alpha value is -1.22. The number of amides is 1. The number of thiophene rings is 1. The minimum atomic E-state index is -3.47. The van der Waals surface area contributed by atoms with Gasteiger partial charge in [0, 0.05) is 26.2 Å². The van der Waals surface area contributed by atoms with Crippen LogP contribution in [-0.2, 0) is 21.2 Å². The van der Waals surface area contributed by atoms with Crippen LogP contribution in [0.3, 0.4) is 0 Å². The first-order valence-corrected chi connectivity index (χ1v) is 10.6. The molecule has 2 heterocycles. The number of hydrogen-bond acceptors (Lipinski definition) is 4. The van der Waals surface area contributed by atoms with E-state index in [9.17, 15) is 13.2 Å². The number of carbonyl (C=O) groups is 1. The Morgan fingerprint density at radius 3 is 2.29 bits per heavy atom. The van der Waals surface area contributed by atoms with Gasteiger partial charge in [0.2, 0.25) is 5.91 Å². The zero-order valence-electron chi connectivity index (χ0n) is 12.9. The van der Waals surface area contributed by atoms with Crippen molar-refractivity contribution in [2.45, 2.75) is 10.6 Å². The van der Waals surface area contributed by atoms with Crippen molar-refractivity contribution in [1.82, 2.24) is 9.21 Å². The van der Waals surface area contributed by atoms with Crippen molar-refractivity contribution < 1.29 is 13.2 Å². The van der Waals surface area contributed by atoms with Crippen LogP contribution in [0.1, 0.15) is 5.56 Å². The van der Waals surface area contributed by atoms with E-state index in [1.807, 2.05) is 30.3 Å². The molecule has 0 unspecified atom stereocenters. The SMILES string of the molecule is O=C(Cc1ccccc1)N1CCN(S(=O)(=O)c2ccc(Br)s2)CC1. The third kappa shape index (κ3) is 3.88. The van der Waals surface area contributed by atoms with Crippen LogP contribution in [0.5, 0.6) is 0 Å². The molecule has 0 N–H and O–H groups in total. The Kier molecular flexibility index (Phi) is 5.39. The highest BCUT2D eigenvalue weighted by atomic mass is 79.9. The van der Waals surface area contributed by atoms with E-state index in [1.165, 1.54) is 15.6 Å². The van der Waals surface area contributed by atoms with E-state index in [-0.39, 0.29) is 5.91 Å². The van der Waals surface area contributed by atoms with Gasteiger partial charge in [-0.25, -0.2) is 8.42 Å². The smallest absolute Gasteiger partial charge is 0.252 e. The molecular formula is C16H17BrN2O3S2. The van der Waals surface area contributed by atoms with Gasteiger partial charge >= 0.3 is 0 Å². The second-order valence-corrected chi connectivity index (χ2v) is 10.1. The summed E-state index contributed by atoms with van der Waals surface area (Å²) in [4.78, 5) is 14.1. The van der Waals surface area contributed by atoms with Crippen molar-refractivity contribution in [2.75, 3.05) is 26.2 Å². The highest BCUT2D eigenvalue weighted by Crippen LogP contribution is 2.28. The molecule has 1 aromatic heterocycles. The van der Waals surface area contributed by atoms with Gasteiger partial charge in [0.1, 0.15) is 4.21 Å². The lowest BCUT2D eigenvalue weighted by Crippen LogP contribution is -2.50. The summed E-state index contributed by atoms with van der Waals surface area (Å²) >= 11 is 4.50. The third-order valence-electron chi connectivity index (χ3n) is 3.93. The molecule has 2 aromatic rings. The summed E-state index contributed by atoms with van der Waals surface area (Å²) in [6.07, 6.45) is 0.353. The summed E-state index contributed by atoms with van der Waals surface area (Å²) in [6, 6.07) is 12.9. The molecule has 128 valence electrons. The lowest BCUT2D eigenvalue weighted by molar-refractivity contribution is -0.131. The maximum absolute atomic E-state index is 12.6. The van der Waals surface area contributed by atoms with Gasteiger partial charge in [-0.15, -0.1) is 11.3 Å². The van der Waals surface area contributed by atoms with Crippen LogP contribution in [-0.4, -0.2) is 49.7 Å². The fourth-order valence-corrected chi connectivity index (χ4v) is 6.21. The molecule has 0 spiro atoms. The van der Waals surface area contributed by atoms with Crippen molar-refractivity contribution in [3.05, 3.63) is 51.8 Å². The number of hydrogen-bond donors (Lipinski definition) is 0. The van der Waals surface area contributed by atoms with E-state index in [1.54, 1.807) is 17.0 Å². The van der Waals surface area contributed by atoms with Crippen molar-refractivity contribution in [2.24, 2.45) is 0 Å². The Morgan fingerprint density at radius 1 is 1.04 bits per heavy atom. The zero-order chi connectivity index (χ0) is 17.2. The van der Waals surface area contributed by atoms with E-state index in [4.69, 9.17) is 0 Å². The Balaban J connectivity index is 1.60. The fourth-order valence-electron chi connectivity index (χ4n) is 2.62. The second-order valence-electron chi connectivity index (χ2n) is 5.51. The maximum Gasteiger partial charge on any atom is 0.252 e. The molecule has 1 fully saturated rings. The molecule has 0 atom stereocenters. The molecule has 24 heavy (non-hydrogen) atoms. The standard InChI is InChI=1S/C16H17BrN2O3S2/c17-14-6-7-16(23-14)24(21,22)19-10-8-18(9-11-19)15(20)12-13-4-2-1-3-5-13/h1-7H,8-12H2. The van der Waals surface area contributed by atoms with E-state index < -0.39 is 10.0 Å². The number of rotatable bonds is 4. The lowest BCUT2D eigenvalue weighted by Gasteiger charge is -2.33. The van der Waals surface area contributed by atoms with E-state index in [0.29, 0.717) is 36.8 Å². The van der Waals surface area contributed by atoms with E-state index in [2.05, 4.69) is 15.9 Å². The largest absolute Gasteiger partial charge is 0.340 e. The van der Waals surface area contributed by atoms with Crippen LogP contribution in [0.4, 0.5) is 0 Å². The van der Waals surface area contributed by atoms with Gasteiger partial charge in [-0.2, -0.15) is 4.31 Å². The predicted octanol–water partition coefficient (Wildman–Crippen LogP) is 2.59. The predicted molar refractivity (Wildman–Crippen MR) is 97.5 cm³/mol. The molecule has 0 saturated carbocycles. The summed E-state index contributed by atoms with van der Waals surface area (Å²) in [5, 5.41) is 0. The molecule has 0 radical (unpaired) electrons. The first-order valence-electron chi connectivity index (χ1n) is 7.54. The first kappa shape index (κ1) is 17.6. The van der Waals surface area contributed by atoms with Crippen LogP contribution < -0.4 is 0 Å². The molecule has 1 aromatic carbocycles. The Bertz CT molecular complexity index is 813. The summed E-state index contributed by atoms with van der Waals surface area (Å²) in [6.45, 7) is 1.52. The van der Waals surface area contributed by atoms with Crippen molar-refractivity contribution in [3.63, 3.8) is 0 Å². The molecule has 1 amide bonds.